The second-order valence-electron chi connectivity index (χ2n) is 6.29. The van der Waals surface area contributed by atoms with Crippen LogP contribution in [0.3, 0.4) is 0 Å². The third-order valence-electron chi connectivity index (χ3n) is 3.80. The van der Waals surface area contributed by atoms with Gasteiger partial charge in [-0.05, 0) is 35.9 Å². The SMILES string of the molecule is COc1ccc(CN(C)C(=O)c2cc(NC(C)=O)cc(NC(C)=O)c2)cc1F. The number of ether oxygens (including phenoxy) is 1. The summed E-state index contributed by atoms with van der Waals surface area (Å²) < 4.78 is 18.8. The van der Waals surface area contributed by atoms with Crippen LogP contribution in [0.2, 0.25) is 0 Å². The lowest BCUT2D eigenvalue weighted by Crippen LogP contribution is -2.26. The van der Waals surface area contributed by atoms with E-state index in [0.29, 0.717) is 16.9 Å². The van der Waals surface area contributed by atoms with E-state index in [4.69, 9.17) is 4.74 Å². The van der Waals surface area contributed by atoms with Crippen LogP contribution in [-0.4, -0.2) is 36.8 Å². The number of benzene rings is 2. The molecule has 2 aromatic carbocycles. The first-order valence-electron chi connectivity index (χ1n) is 8.47. The summed E-state index contributed by atoms with van der Waals surface area (Å²) >= 11 is 0. The summed E-state index contributed by atoms with van der Waals surface area (Å²) in [6, 6.07) is 9.05. The predicted octanol–water partition coefficient (Wildman–Crippen LogP) is 3.02. The summed E-state index contributed by atoms with van der Waals surface area (Å²) in [6.45, 7) is 2.85. The van der Waals surface area contributed by atoms with Gasteiger partial charge in [0.25, 0.3) is 5.91 Å². The highest BCUT2D eigenvalue weighted by molar-refractivity contribution is 5.99. The number of nitrogens with zero attached hydrogens (tertiary/aromatic N) is 1. The van der Waals surface area contributed by atoms with Crippen molar-refractivity contribution in [3.05, 3.63) is 53.3 Å². The fraction of sp³-hybridized carbons (Fsp3) is 0.250. The molecular formula is C20H22FN3O4. The number of carbonyl (C=O) groups is 3. The van der Waals surface area contributed by atoms with Crippen molar-refractivity contribution in [1.82, 2.24) is 4.90 Å². The number of methoxy groups -OCH3 is 1. The summed E-state index contributed by atoms with van der Waals surface area (Å²) in [4.78, 5) is 36.9. The molecule has 0 aliphatic rings. The van der Waals surface area contributed by atoms with Crippen molar-refractivity contribution in [3.8, 4) is 5.75 Å². The molecule has 148 valence electrons. The number of amides is 3. The van der Waals surface area contributed by atoms with E-state index in [-0.39, 0.29) is 35.6 Å². The first-order valence-corrected chi connectivity index (χ1v) is 8.47. The zero-order valence-corrected chi connectivity index (χ0v) is 16.1. The Kier molecular flexibility index (Phi) is 6.70. The van der Waals surface area contributed by atoms with E-state index in [0.717, 1.165) is 0 Å². The van der Waals surface area contributed by atoms with Crippen molar-refractivity contribution in [2.45, 2.75) is 20.4 Å². The molecule has 0 aliphatic carbocycles. The van der Waals surface area contributed by atoms with Crippen LogP contribution in [0.15, 0.2) is 36.4 Å². The Morgan fingerprint density at radius 2 is 1.57 bits per heavy atom. The molecule has 2 aromatic rings. The molecule has 0 radical (unpaired) electrons. The smallest absolute Gasteiger partial charge is 0.254 e. The minimum atomic E-state index is -0.513. The second kappa shape index (κ2) is 8.98. The highest BCUT2D eigenvalue weighted by Gasteiger charge is 2.16. The molecule has 28 heavy (non-hydrogen) atoms. The van der Waals surface area contributed by atoms with Crippen molar-refractivity contribution >= 4 is 29.1 Å². The average molecular weight is 387 g/mol. The van der Waals surface area contributed by atoms with Gasteiger partial charge in [0.2, 0.25) is 11.8 Å². The van der Waals surface area contributed by atoms with Gasteiger partial charge in [-0.15, -0.1) is 0 Å². The fourth-order valence-electron chi connectivity index (χ4n) is 2.68. The third-order valence-corrected chi connectivity index (χ3v) is 3.80. The van der Waals surface area contributed by atoms with Gasteiger partial charge in [0.05, 0.1) is 7.11 Å². The molecule has 0 saturated heterocycles. The molecule has 0 atom stereocenters. The highest BCUT2D eigenvalue weighted by Crippen LogP contribution is 2.22. The maximum atomic E-state index is 13.9. The molecular weight excluding hydrogens is 365 g/mol. The van der Waals surface area contributed by atoms with Gasteiger partial charge in [0, 0.05) is 44.4 Å². The first-order chi connectivity index (χ1) is 13.2. The third kappa shape index (κ3) is 5.54. The fourth-order valence-corrected chi connectivity index (χ4v) is 2.68. The van der Waals surface area contributed by atoms with Crippen LogP contribution in [-0.2, 0) is 16.1 Å². The number of halogens is 1. The van der Waals surface area contributed by atoms with Gasteiger partial charge in [-0.2, -0.15) is 0 Å². The van der Waals surface area contributed by atoms with Crippen LogP contribution in [0, 0.1) is 5.82 Å². The van der Waals surface area contributed by atoms with Crippen LogP contribution < -0.4 is 15.4 Å². The number of rotatable bonds is 6. The molecule has 2 N–H and O–H groups in total. The molecule has 0 aromatic heterocycles. The summed E-state index contributed by atoms with van der Waals surface area (Å²) in [5.41, 5.74) is 1.62. The Morgan fingerprint density at radius 1 is 1.00 bits per heavy atom. The Labute approximate surface area is 162 Å². The molecule has 0 bridgehead atoms. The Hall–Kier alpha value is -3.42. The summed E-state index contributed by atoms with van der Waals surface area (Å²) in [5.74, 6) is -1.35. The molecule has 7 nitrogen and oxygen atoms in total. The molecule has 0 saturated carbocycles. The van der Waals surface area contributed by atoms with Gasteiger partial charge in [-0.3, -0.25) is 14.4 Å². The van der Waals surface area contributed by atoms with E-state index in [2.05, 4.69) is 10.6 Å². The van der Waals surface area contributed by atoms with Gasteiger partial charge in [-0.25, -0.2) is 4.39 Å². The Balaban J connectivity index is 2.26. The van der Waals surface area contributed by atoms with E-state index in [1.165, 1.54) is 50.1 Å². The van der Waals surface area contributed by atoms with Crippen molar-refractivity contribution < 1.29 is 23.5 Å². The van der Waals surface area contributed by atoms with Crippen LogP contribution >= 0.6 is 0 Å². The summed E-state index contributed by atoms with van der Waals surface area (Å²) in [7, 11) is 2.95. The van der Waals surface area contributed by atoms with Crippen LogP contribution in [0.4, 0.5) is 15.8 Å². The average Bonchev–Trinajstić information content (AvgIpc) is 2.59. The molecule has 0 unspecified atom stereocenters. The second-order valence-corrected chi connectivity index (χ2v) is 6.29. The Morgan fingerprint density at radius 3 is 2.04 bits per heavy atom. The highest BCUT2D eigenvalue weighted by atomic mass is 19.1. The standard InChI is InChI=1S/C20H22FN3O4/c1-12(25)22-16-8-15(9-17(10-16)23-13(2)26)20(27)24(3)11-14-5-6-19(28-4)18(21)7-14/h5-10H,11H2,1-4H3,(H,22,25)(H,23,26). The van der Waals surface area contributed by atoms with Crippen LogP contribution in [0.5, 0.6) is 5.75 Å². The lowest BCUT2D eigenvalue weighted by Gasteiger charge is -2.19. The first kappa shape index (κ1) is 20.9. The Bertz CT molecular complexity index is 880. The minimum absolute atomic E-state index is 0.126. The maximum Gasteiger partial charge on any atom is 0.254 e. The van der Waals surface area contributed by atoms with Crippen molar-refractivity contribution in [1.29, 1.82) is 0 Å². The van der Waals surface area contributed by atoms with Gasteiger partial charge in [0.1, 0.15) is 0 Å². The van der Waals surface area contributed by atoms with Crippen LogP contribution in [0.25, 0.3) is 0 Å². The van der Waals surface area contributed by atoms with Gasteiger partial charge in [0.15, 0.2) is 11.6 Å². The minimum Gasteiger partial charge on any atom is -0.494 e. The van der Waals surface area contributed by atoms with Crippen molar-refractivity contribution in [2.24, 2.45) is 0 Å². The molecule has 3 amide bonds. The van der Waals surface area contributed by atoms with E-state index in [1.54, 1.807) is 19.2 Å². The quantitative estimate of drug-likeness (QED) is 0.798. The van der Waals surface area contributed by atoms with E-state index < -0.39 is 5.82 Å². The van der Waals surface area contributed by atoms with E-state index >= 15 is 0 Å². The van der Waals surface area contributed by atoms with E-state index in [1.807, 2.05) is 0 Å². The monoisotopic (exact) mass is 387 g/mol. The predicted molar refractivity (Wildman–Crippen MR) is 104 cm³/mol. The van der Waals surface area contributed by atoms with Gasteiger partial charge in [-0.1, -0.05) is 6.07 Å². The van der Waals surface area contributed by atoms with E-state index in [9.17, 15) is 18.8 Å². The molecule has 2 rings (SSSR count). The van der Waals surface area contributed by atoms with Crippen molar-refractivity contribution in [2.75, 3.05) is 24.8 Å². The summed E-state index contributed by atoms with van der Waals surface area (Å²) in [5, 5.41) is 5.20. The molecule has 0 heterocycles. The van der Waals surface area contributed by atoms with Gasteiger partial charge >= 0.3 is 0 Å². The van der Waals surface area contributed by atoms with Crippen LogP contribution in [0.1, 0.15) is 29.8 Å². The lowest BCUT2D eigenvalue weighted by molar-refractivity contribution is -0.115. The topological polar surface area (TPSA) is 87.7 Å². The number of carbonyl (C=O) groups excluding carboxylic acids is 3. The molecule has 8 heteroatoms. The normalized spacial score (nSPS) is 10.2. The van der Waals surface area contributed by atoms with Gasteiger partial charge < -0.3 is 20.3 Å². The number of nitrogens with one attached hydrogen (secondary N) is 2. The summed E-state index contributed by atoms with van der Waals surface area (Å²) in [6.07, 6.45) is 0. The largest absolute Gasteiger partial charge is 0.494 e. The number of hydrogen-bond acceptors (Lipinski definition) is 4. The van der Waals surface area contributed by atoms with Crippen molar-refractivity contribution in [3.63, 3.8) is 0 Å². The molecule has 0 fully saturated rings. The maximum absolute atomic E-state index is 13.9. The molecule has 0 aliphatic heterocycles. The number of anilines is 2. The molecule has 0 spiro atoms. The number of hydrogen-bond donors (Lipinski definition) is 2. The zero-order valence-electron chi connectivity index (χ0n) is 16.1. The lowest BCUT2D eigenvalue weighted by atomic mass is 10.1. The zero-order chi connectivity index (χ0) is 20.8.